The Morgan fingerprint density at radius 3 is 2.87 bits per heavy atom. The van der Waals surface area contributed by atoms with E-state index in [-0.39, 0.29) is 18.5 Å². The molecule has 0 aliphatic heterocycles. The van der Waals surface area contributed by atoms with Crippen LogP contribution in [0, 0.1) is 5.95 Å². The first kappa shape index (κ1) is 11.4. The van der Waals surface area contributed by atoms with Crippen molar-refractivity contribution in [2.45, 2.75) is 19.9 Å². The van der Waals surface area contributed by atoms with Gasteiger partial charge >= 0.3 is 0 Å². The minimum absolute atomic E-state index is 0.0641. The van der Waals surface area contributed by atoms with Crippen molar-refractivity contribution in [3.63, 3.8) is 0 Å². The van der Waals surface area contributed by atoms with Crippen LogP contribution in [0.25, 0.3) is 0 Å². The van der Waals surface area contributed by atoms with Crippen molar-refractivity contribution in [1.29, 1.82) is 0 Å². The summed E-state index contributed by atoms with van der Waals surface area (Å²) in [5.74, 6) is -0.498. The van der Waals surface area contributed by atoms with E-state index >= 15 is 0 Å². The highest BCUT2D eigenvalue weighted by Crippen LogP contribution is 2.00. The van der Waals surface area contributed by atoms with Crippen molar-refractivity contribution in [2.75, 3.05) is 11.9 Å². The predicted molar refractivity (Wildman–Crippen MR) is 53.8 cm³/mol. The van der Waals surface area contributed by atoms with Gasteiger partial charge in [0.1, 0.15) is 12.1 Å². The van der Waals surface area contributed by atoms with Gasteiger partial charge in [0.2, 0.25) is 11.9 Å². The van der Waals surface area contributed by atoms with Crippen LogP contribution in [0.3, 0.4) is 0 Å². The van der Waals surface area contributed by atoms with E-state index in [1.807, 2.05) is 13.8 Å². The van der Waals surface area contributed by atoms with E-state index in [9.17, 15) is 9.18 Å². The Labute approximate surface area is 87.1 Å². The summed E-state index contributed by atoms with van der Waals surface area (Å²) in [6.45, 7) is 3.79. The molecule has 0 unspecified atom stereocenters. The highest BCUT2D eigenvalue weighted by Gasteiger charge is 2.03. The van der Waals surface area contributed by atoms with Gasteiger partial charge in [-0.05, 0) is 13.8 Å². The van der Waals surface area contributed by atoms with Crippen LogP contribution < -0.4 is 10.6 Å². The minimum Gasteiger partial charge on any atom is -0.361 e. The second-order valence-corrected chi connectivity index (χ2v) is 3.30. The Morgan fingerprint density at radius 1 is 1.53 bits per heavy atom. The summed E-state index contributed by atoms with van der Waals surface area (Å²) in [5, 5.41) is 5.38. The van der Waals surface area contributed by atoms with Gasteiger partial charge < -0.3 is 10.6 Å². The van der Waals surface area contributed by atoms with Crippen LogP contribution in [0.5, 0.6) is 0 Å². The monoisotopic (exact) mass is 212 g/mol. The molecule has 0 bridgehead atoms. The number of hydrogen-bond acceptors (Lipinski definition) is 4. The molecule has 6 heteroatoms. The molecule has 0 aliphatic rings. The van der Waals surface area contributed by atoms with E-state index in [1.165, 1.54) is 0 Å². The van der Waals surface area contributed by atoms with E-state index in [4.69, 9.17) is 0 Å². The van der Waals surface area contributed by atoms with Gasteiger partial charge in [-0.25, -0.2) is 9.97 Å². The number of nitrogens with zero attached hydrogens (tertiary/aromatic N) is 2. The third-order valence-electron chi connectivity index (χ3n) is 1.51. The molecule has 0 aliphatic carbocycles. The average Bonchev–Trinajstić information content (AvgIpc) is 2.14. The summed E-state index contributed by atoms with van der Waals surface area (Å²) in [6.07, 6.45) is 1.10. The number of aromatic nitrogens is 2. The smallest absolute Gasteiger partial charge is 0.239 e. The quantitative estimate of drug-likeness (QED) is 0.715. The number of carbonyl (C=O) groups is 1. The fraction of sp³-hybridized carbons (Fsp3) is 0.444. The average molecular weight is 212 g/mol. The zero-order valence-corrected chi connectivity index (χ0v) is 8.62. The summed E-state index contributed by atoms with van der Waals surface area (Å²) < 4.78 is 12.6. The summed E-state index contributed by atoms with van der Waals surface area (Å²) in [4.78, 5) is 18.2. The van der Waals surface area contributed by atoms with Gasteiger partial charge in [-0.15, -0.1) is 0 Å². The molecule has 0 atom stereocenters. The number of rotatable bonds is 4. The van der Waals surface area contributed by atoms with Crippen molar-refractivity contribution in [3.05, 3.63) is 18.3 Å². The maximum atomic E-state index is 12.6. The number of anilines is 1. The molecule has 0 aromatic carbocycles. The third kappa shape index (κ3) is 4.35. The molecule has 0 saturated carbocycles. The van der Waals surface area contributed by atoms with Gasteiger partial charge in [0, 0.05) is 12.1 Å². The first-order chi connectivity index (χ1) is 7.08. The summed E-state index contributed by atoms with van der Waals surface area (Å²) in [7, 11) is 0. The zero-order valence-electron chi connectivity index (χ0n) is 8.62. The molecule has 1 amide bonds. The molecule has 2 N–H and O–H groups in total. The van der Waals surface area contributed by atoms with Crippen LogP contribution >= 0.6 is 0 Å². The fourth-order valence-corrected chi connectivity index (χ4v) is 0.974. The van der Waals surface area contributed by atoms with Gasteiger partial charge in [-0.3, -0.25) is 4.79 Å². The zero-order chi connectivity index (χ0) is 11.3. The van der Waals surface area contributed by atoms with Crippen LogP contribution in [0.4, 0.5) is 10.2 Å². The van der Waals surface area contributed by atoms with Gasteiger partial charge in [0.05, 0.1) is 6.54 Å². The standard InChI is InChI=1S/C9H13FN4O/c1-6(2)14-9(15)4-11-8-3-7(10)12-5-13-8/h3,5-6H,4H2,1-2H3,(H,14,15)(H,11,12,13). The van der Waals surface area contributed by atoms with Crippen LogP contribution in [0.15, 0.2) is 12.4 Å². The molecule has 1 aromatic rings. The largest absolute Gasteiger partial charge is 0.361 e. The van der Waals surface area contributed by atoms with E-state index in [0.29, 0.717) is 5.82 Å². The lowest BCUT2D eigenvalue weighted by Crippen LogP contribution is -2.34. The normalized spacial score (nSPS) is 10.1. The third-order valence-corrected chi connectivity index (χ3v) is 1.51. The number of halogens is 1. The molecule has 82 valence electrons. The molecule has 15 heavy (non-hydrogen) atoms. The first-order valence-corrected chi connectivity index (χ1v) is 4.58. The lowest BCUT2D eigenvalue weighted by molar-refractivity contribution is -0.119. The Balaban J connectivity index is 2.40. The molecule has 0 spiro atoms. The summed E-state index contributed by atoms with van der Waals surface area (Å²) >= 11 is 0. The first-order valence-electron chi connectivity index (χ1n) is 4.58. The topological polar surface area (TPSA) is 66.9 Å². The lowest BCUT2D eigenvalue weighted by Gasteiger charge is -2.09. The highest BCUT2D eigenvalue weighted by molar-refractivity contribution is 5.80. The van der Waals surface area contributed by atoms with Crippen molar-refractivity contribution in [2.24, 2.45) is 0 Å². The van der Waals surface area contributed by atoms with E-state index in [0.717, 1.165) is 12.4 Å². The van der Waals surface area contributed by atoms with Crippen LogP contribution in [-0.2, 0) is 4.79 Å². The van der Waals surface area contributed by atoms with E-state index < -0.39 is 5.95 Å². The second-order valence-electron chi connectivity index (χ2n) is 3.30. The van der Waals surface area contributed by atoms with E-state index in [1.54, 1.807) is 0 Å². The molecular weight excluding hydrogens is 199 g/mol. The number of carbonyl (C=O) groups excluding carboxylic acids is 1. The second kappa shape index (κ2) is 5.23. The molecule has 5 nitrogen and oxygen atoms in total. The van der Waals surface area contributed by atoms with Crippen molar-refractivity contribution in [1.82, 2.24) is 15.3 Å². The van der Waals surface area contributed by atoms with Crippen LogP contribution in [0.2, 0.25) is 0 Å². The highest BCUT2D eigenvalue weighted by atomic mass is 19.1. The fourth-order valence-electron chi connectivity index (χ4n) is 0.974. The number of hydrogen-bond donors (Lipinski definition) is 2. The van der Waals surface area contributed by atoms with Crippen molar-refractivity contribution < 1.29 is 9.18 Å². The lowest BCUT2D eigenvalue weighted by atomic mass is 10.4. The van der Waals surface area contributed by atoms with Gasteiger partial charge in [0.25, 0.3) is 0 Å². The maximum Gasteiger partial charge on any atom is 0.239 e. The van der Waals surface area contributed by atoms with Crippen molar-refractivity contribution in [3.8, 4) is 0 Å². The Morgan fingerprint density at radius 2 is 2.27 bits per heavy atom. The molecule has 0 saturated heterocycles. The summed E-state index contributed by atoms with van der Waals surface area (Å²) in [5.41, 5.74) is 0. The van der Waals surface area contributed by atoms with Crippen LogP contribution in [0.1, 0.15) is 13.8 Å². The minimum atomic E-state index is -0.628. The molecule has 0 fully saturated rings. The van der Waals surface area contributed by atoms with Gasteiger partial charge in [0.15, 0.2) is 0 Å². The Hall–Kier alpha value is -1.72. The van der Waals surface area contributed by atoms with Crippen molar-refractivity contribution >= 4 is 11.7 Å². The molecule has 1 aromatic heterocycles. The molecule has 0 radical (unpaired) electrons. The number of amides is 1. The SMILES string of the molecule is CC(C)NC(=O)CNc1cc(F)ncn1. The maximum absolute atomic E-state index is 12.6. The van der Waals surface area contributed by atoms with Crippen LogP contribution in [-0.4, -0.2) is 28.5 Å². The Bertz CT molecular complexity index is 343. The molecule has 1 rings (SSSR count). The molecular formula is C9H13FN4O. The summed E-state index contributed by atoms with van der Waals surface area (Å²) in [6, 6.07) is 1.21. The Kier molecular flexibility index (Phi) is 3.96. The number of nitrogens with one attached hydrogen (secondary N) is 2. The molecule has 1 heterocycles. The van der Waals surface area contributed by atoms with E-state index in [2.05, 4.69) is 20.6 Å². The van der Waals surface area contributed by atoms with Gasteiger partial charge in [-0.2, -0.15) is 4.39 Å². The van der Waals surface area contributed by atoms with Gasteiger partial charge in [-0.1, -0.05) is 0 Å². The predicted octanol–water partition coefficient (Wildman–Crippen LogP) is 0.552.